The number of hydrogen-bond donors (Lipinski definition) is 0. The number of ether oxygens (including phenoxy) is 2. The summed E-state index contributed by atoms with van der Waals surface area (Å²) in [5.41, 5.74) is 0. The average Bonchev–Trinajstić information content (AvgIpc) is 2.36. The minimum absolute atomic E-state index is 0.435. The predicted octanol–water partition coefficient (Wildman–Crippen LogP) is 5.84. The molecule has 0 N–H and O–H groups in total. The van der Waals surface area contributed by atoms with Gasteiger partial charge < -0.3 is 9.47 Å². The smallest absolute Gasteiger partial charge is 0.169 e. The monoisotopic (exact) mass is 316 g/mol. The van der Waals surface area contributed by atoms with Crippen LogP contribution in [0.4, 0.5) is 0 Å². The molecule has 0 amide bonds. The lowest BCUT2D eigenvalue weighted by Crippen LogP contribution is -1.95. The van der Waals surface area contributed by atoms with Crippen molar-refractivity contribution in [2.24, 2.45) is 0 Å². The van der Waals surface area contributed by atoms with Crippen LogP contribution in [0.2, 0.25) is 15.1 Å². The molecule has 0 saturated carbocycles. The zero-order valence-corrected chi connectivity index (χ0v) is 12.4. The summed E-state index contributed by atoms with van der Waals surface area (Å²) < 4.78 is 11.2. The second-order valence-corrected chi connectivity index (χ2v) is 4.98. The van der Waals surface area contributed by atoms with E-state index < -0.39 is 0 Å². The van der Waals surface area contributed by atoms with E-state index in [0.717, 1.165) is 0 Å². The lowest BCUT2D eigenvalue weighted by molar-refractivity contribution is 0.321. The Bertz CT molecular complexity index is 585. The fourth-order valence-electron chi connectivity index (χ4n) is 1.51. The van der Waals surface area contributed by atoms with Gasteiger partial charge in [-0.25, -0.2) is 0 Å². The first-order valence-corrected chi connectivity index (χ1v) is 6.79. The molecular weight excluding hydrogens is 307 g/mol. The Morgan fingerprint density at radius 1 is 0.842 bits per heavy atom. The van der Waals surface area contributed by atoms with Gasteiger partial charge in [0, 0.05) is 16.1 Å². The molecule has 0 bridgehead atoms. The maximum absolute atomic E-state index is 6.06. The van der Waals surface area contributed by atoms with Gasteiger partial charge in [0.1, 0.15) is 5.75 Å². The highest BCUT2D eigenvalue weighted by molar-refractivity contribution is 6.35. The molecule has 2 aromatic carbocycles. The van der Waals surface area contributed by atoms with Crippen molar-refractivity contribution in [2.75, 3.05) is 6.61 Å². The third-order valence-corrected chi connectivity index (χ3v) is 3.09. The van der Waals surface area contributed by atoms with Gasteiger partial charge in [-0.05, 0) is 37.3 Å². The average molecular weight is 318 g/mol. The molecule has 0 fully saturated rings. The molecule has 2 nitrogen and oxygen atoms in total. The summed E-state index contributed by atoms with van der Waals surface area (Å²) in [6.07, 6.45) is 0. The topological polar surface area (TPSA) is 18.5 Å². The van der Waals surface area contributed by atoms with E-state index in [1.165, 1.54) is 0 Å². The first-order chi connectivity index (χ1) is 9.10. The Balaban J connectivity index is 2.32. The van der Waals surface area contributed by atoms with Crippen molar-refractivity contribution < 1.29 is 9.47 Å². The Hall–Kier alpha value is -1.09. The molecule has 0 aliphatic rings. The Labute approximate surface area is 126 Å². The third kappa shape index (κ3) is 3.69. The molecule has 0 atom stereocenters. The van der Waals surface area contributed by atoms with E-state index in [1.54, 1.807) is 36.4 Å². The molecule has 2 rings (SSSR count). The molecule has 0 aliphatic heterocycles. The first kappa shape index (κ1) is 14.3. The summed E-state index contributed by atoms with van der Waals surface area (Å²) in [6, 6.07) is 10.2. The SMILES string of the molecule is CCOc1cc(Cl)ccc1Oc1ccc(Cl)cc1Cl. The Morgan fingerprint density at radius 2 is 1.47 bits per heavy atom. The zero-order chi connectivity index (χ0) is 13.8. The summed E-state index contributed by atoms with van der Waals surface area (Å²) in [5.74, 6) is 1.63. The van der Waals surface area contributed by atoms with Crippen molar-refractivity contribution in [1.82, 2.24) is 0 Å². The van der Waals surface area contributed by atoms with E-state index in [-0.39, 0.29) is 0 Å². The van der Waals surface area contributed by atoms with Gasteiger partial charge in [-0.1, -0.05) is 34.8 Å². The number of hydrogen-bond acceptors (Lipinski definition) is 2. The van der Waals surface area contributed by atoms with Gasteiger partial charge in [0.2, 0.25) is 0 Å². The number of halogens is 3. The van der Waals surface area contributed by atoms with Gasteiger partial charge in [-0.15, -0.1) is 0 Å². The van der Waals surface area contributed by atoms with Crippen molar-refractivity contribution in [1.29, 1.82) is 0 Å². The van der Waals surface area contributed by atoms with Crippen LogP contribution in [0, 0.1) is 0 Å². The van der Waals surface area contributed by atoms with Gasteiger partial charge >= 0.3 is 0 Å². The Kier molecular flexibility index (Phi) is 4.81. The molecule has 0 spiro atoms. The summed E-state index contributed by atoms with van der Waals surface area (Å²) >= 11 is 17.8. The van der Waals surface area contributed by atoms with Crippen LogP contribution in [0.15, 0.2) is 36.4 Å². The van der Waals surface area contributed by atoms with Crippen LogP contribution >= 0.6 is 34.8 Å². The highest BCUT2D eigenvalue weighted by atomic mass is 35.5. The van der Waals surface area contributed by atoms with E-state index in [4.69, 9.17) is 44.3 Å². The van der Waals surface area contributed by atoms with Gasteiger partial charge in [-0.3, -0.25) is 0 Å². The Morgan fingerprint density at radius 3 is 2.11 bits per heavy atom. The van der Waals surface area contributed by atoms with Crippen LogP contribution in [0.5, 0.6) is 17.2 Å². The maximum atomic E-state index is 6.06. The predicted molar refractivity (Wildman–Crippen MR) is 79.2 cm³/mol. The minimum atomic E-state index is 0.435. The van der Waals surface area contributed by atoms with E-state index in [0.29, 0.717) is 38.9 Å². The largest absolute Gasteiger partial charge is 0.490 e. The van der Waals surface area contributed by atoms with Crippen molar-refractivity contribution in [3.05, 3.63) is 51.5 Å². The van der Waals surface area contributed by atoms with Gasteiger partial charge in [0.05, 0.1) is 11.6 Å². The molecule has 0 radical (unpaired) electrons. The van der Waals surface area contributed by atoms with Crippen molar-refractivity contribution >= 4 is 34.8 Å². The molecule has 0 heterocycles. The molecule has 19 heavy (non-hydrogen) atoms. The van der Waals surface area contributed by atoms with Crippen LogP contribution in [0.3, 0.4) is 0 Å². The van der Waals surface area contributed by atoms with Gasteiger partial charge in [0.15, 0.2) is 11.5 Å². The lowest BCUT2D eigenvalue weighted by atomic mass is 10.3. The third-order valence-electron chi connectivity index (χ3n) is 2.32. The van der Waals surface area contributed by atoms with E-state index in [1.807, 2.05) is 6.92 Å². The van der Waals surface area contributed by atoms with Crippen molar-refractivity contribution in [3.8, 4) is 17.2 Å². The molecule has 0 saturated heterocycles. The molecule has 0 aromatic heterocycles. The summed E-state index contributed by atoms with van der Waals surface area (Å²) in [7, 11) is 0. The summed E-state index contributed by atoms with van der Waals surface area (Å²) in [6.45, 7) is 2.41. The van der Waals surface area contributed by atoms with Crippen LogP contribution in [-0.2, 0) is 0 Å². The standard InChI is InChI=1S/C14H11Cl3O2/c1-2-18-14-8-10(16)4-6-13(14)19-12-5-3-9(15)7-11(12)17/h3-8H,2H2,1H3. The molecule has 100 valence electrons. The van der Waals surface area contributed by atoms with E-state index in [2.05, 4.69) is 0 Å². The maximum Gasteiger partial charge on any atom is 0.169 e. The summed E-state index contributed by atoms with van der Waals surface area (Å²) in [4.78, 5) is 0. The van der Waals surface area contributed by atoms with Crippen molar-refractivity contribution in [2.45, 2.75) is 6.92 Å². The molecule has 0 unspecified atom stereocenters. The van der Waals surface area contributed by atoms with Crippen LogP contribution < -0.4 is 9.47 Å². The molecule has 0 aliphatic carbocycles. The van der Waals surface area contributed by atoms with Gasteiger partial charge in [0.25, 0.3) is 0 Å². The fourth-order valence-corrected chi connectivity index (χ4v) is 2.12. The zero-order valence-electron chi connectivity index (χ0n) is 10.1. The number of rotatable bonds is 4. The normalized spacial score (nSPS) is 10.3. The second kappa shape index (κ2) is 6.38. The van der Waals surface area contributed by atoms with Crippen LogP contribution in [-0.4, -0.2) is 6.61 Å². The van der Waals surface area contributed by atoms with E-state index in [9.17, 15) is 0 Å². The summed E-state index contributed by atoms with van der Waals surface area (Å²) in [5, 5.41) is 1.57. The minimum Gasteiger partial charge on any atom is -0.490 e. The quantitative estimate of drug-likeness (QED) is 0.705. The highest BCUT2D eigenvalue weighted by Gasteiger charge is 2.09. The number of benzene rings is 2. The molecular formula is C14H11Cl3O2. The van der Waals surface area contributed by atoms with E-state index >= 15 is 0 Å². The highest BCUT2D eigenvalue weighted by Crippen LogP contribution is 2.37. The fraction of sp³-hybridized carbons (Fsp3) is 0.143. The lowest BCUT2D eigenvalue weighted by Gasteiger charge is -2.12. The van der Waals surface area contributed by atoms with Gasteiger partial charge in [-0.2, -0.15) is 0 Å². The molecule has 5 heteroatoms. The second-order valence-electron chi connectivity index (χ2n) is 3.70. The first-order valence-electron chi connectivity index (χ1n) is 5.65. The van der Waals surface area contributed by atoms with Crippen LogP contribution in [0.1, 0.15) is 6.92 Å². The van der Waals surface area contributed by atoms with Crippen molar-refractivity contribution in [3.63, 3.8) is 0 Å². The molecule has 2 aromatic rings. The van der Waals surface area contributed by atoms with Crippen LogP contribution in [0.25, 0.3) is 0 Å².